The minimum atomic E-state index is -0.366. The van der Waals surface area contributed by atoms with Gasteiger partial charge in [0.05, 0.1) is 22.4 Å². The van der Waals surface area contributed by atoms with Crippen LogP contribution in [-0.2, 0) is 18.6 Å². The molecule has 0 spiro atoms. The quantitative estimate of drug-likeness (QED) is 0.101. The molecule has 0 N–H and O–H groups in total. The van der Waals surface area contributed by atoms with Crippen molar-refractivity contribution in [1.82, 2.24) is 44.9 Å². The molecule has 2 aliphatic rings. The first-order chi connectivity index (χ1) is 53.8. The van der Waals surface area contributed by atoms with E-state index in [9.17, 15) is 0 Å². The maximum Gasteiger partial charge on any atom is 0.494 e. The maximum atomic E-state index is 6.21. The zero-order valence-electron chi connectivity index (χ0n) is 62.9. The summed E-state index contributed by atoms with van der Waals surface area (Å²) >= 11 is 3.52. The average Bonchev–Trinajstić information content (AvgIpc) is 1.61. The van der Waals surface area contributed by atoms with Gasteiger partial charge in [-0.1, -0.05) is 319 Å². The summed E-state index contributed by atoms with van der Waals surface area (Å²) in [5, 5.41) is 4.64. The molecule has 540 valence electrons. The van der Waals surface area contributed by atoms with Crippen LogP contribution in [0.1, 0.15) is 55.4 Å². The van der Waals surface area contributed by atoms with E-state index >= 15 is 0 Å². The van der Waals surface area contributed by atoms with Gasteiger partial charge >= 0.3 is 14.2 Å². The molecule has 0 aliphatic carbocycles. The van der Waals surface area contributed by atoms with Crippen molar-refractivity contribution >= 4 is 62.6 Å². The number of nitrogens with zero attached hydrogens (tertiary/aromatic N) is 9. The Bertz CT molecular complexity index is 5520. The molecule has 0 amide bonds. The average molecular weight is 1510 g/mol. The number of hydrogen-bond donors (Lipinski definition) is 0. The Balaban J connectivity index is 0.000000146. The largest absolute Gasteiger partial charge is 0.494 e. The van der Waals surface area contributed by atoms with Crippen LogP contribution in [0, 0.1) is 0 Å². The lowest BCUT2D eigenvalue weighted by Crippen LogP contribution is -2.41. The fourth-order valence-corrected chi connectivity index (χ4v) is 13.6. The minimum Gasteiger partial charge on any atom is -0.399 e. The highest BCUT2D eigenvalue weighted by atomic mass is 79.9. The van der Waals surface area contributed by atoms with E-state index in [1.807, 2.05) is 206 Å². The molecule has 0 saturated carbocycles. The smallest absolute Gasteiger partial charge is 0.399 e. The number of halogens is 1. The number of aromatic nitrogens is 9. The van der Waals surface area contributed by atoms with Crippen LogP contribution in [0.5, 0.6) is 0 Å². The van der Waals surface area contributed by atoms with Crippen LogP contribution in [0.4, 0.5) is 0 Å². The van der Waals surface area contributed by atoms with Gasteiger partial charge in [-0.05, 0) is 134 Å². The second kappa shape index (κ2) is 31.1. The highest BCUT2D eigenvalue weighted by molar-refractivity contribution is 9.10. The summed E-state index contributed by atoms with van der Waals surface area (Å²) < 4.78 is 25.8. The summed E-state index contributed by atoms with van der Waals surface area (Å²) in [6.07, 6.45) is 0. The lowest BCUT2D eigenvalue weighted by molar-refractivity contribution is 0.00578. The summed E-state index contributed by atoms with van der Waals surface area (Å²) in [6, 6.07) is 111. The molecule has 0 unspecified atom stereocenters. The van der Waals surface area contributed by atoms with Gasteiger partial charge in [-0.3, -0.25) is 0 Å². The van der Waals surface area contributed by atoms with Crippen molar-refractivity contribution in [3.63, 3.8) is 0 Å². The van der Waals surface area contributed by atoms with E-state index in [0.717, 1.165) is 98.5 Å². The van der Waals surface area contributed by atoms with Crippen LogP contribution in [-0.4, -0.2) is 81.5 Å². The van der Waals surface area contributed by atoms with Gasteiger partial charge in [0.2, 0.25) is 0 Å². The number of hydrogen-bond acceptors (Lipinski definition) is 13. The molecule has 18 rings (SSSR count). The van der Waals surface area contributed by atoms with Crippen LogP contribution in [0.15, 0.2) is 332 Å². The fourth-order valence-electron chi connectivity index (χ4n) is 13.2. The van der Waals surface area contributed by atoms with Crippen molar-refractivity contribution in [2.75, 3.05) is 0 Å². The molecule has 2 fully saturated rings. The van der Waals surface area contributed by atoms with Gasteiger partial charge in [-0.15, -0.1) is 0 Å². The van der Waals surface area contributed by atoms with Gasteiger partial charge in [0.25, 0.3) is 0 Å². The van der Waals surface area contributed by atoms with Crippen LogP contribution < -0.4 is 10.9 Å². The first-order valence-corrected chi connectivity index (χ1v) is 38.0. The molecule has 13 aromatic carbocycles. The molecule has 2 saturated heterocycles. The monoisotopic (exact) mass is 1510 g/mol. The highest BCUT2D eigenvalue weighted by Crippen LogP contribution is 2.40. The van der Waals surface area contributed by atoms with Crippen molar-refractivity contribution in [3.05, 3.63) is 332 Å². The molecular weight excluding hydrogens is 1430 g/mol. The molecular formula is C95H78B2BrN9O4. The topological polar surface area (TPSA) is 153 Å². The minimum absolute atomic E-state index is 0.350. The van der Waals surface area contributed by atoms with Crippen LogP contribution in [0.2, 0.25) is 0 Å². The molecule has 13 nitrogen and oxygen atoms in total. The molecule has 3 aromatic heterocycles. The SMILES string of the molecule is Brc1cccc(-c2nc(-c3ccccc3)nc(-c3ccccc3)n2)c1.CC1(C)OB(c2ccc3ccc(B4OC(C)(C)C(C)(C)O4)cc3c2)OC1(C)C.c1ccc(-c2nc(-c3ccccc3)nc(-c3ccc(-c4ccc5ccc(-c6ccc(-c7nc(-c8ccccc8)nc(-c8ccccc8)n7)cc6)cc5c4)cc3)n2)cc1. The van der Waals surface area contributed by atoms with E-state index in [0.29, 0.717) is 52.4 Å². The molecule has 16 aromatic rings. The molecule has 16 heteroatoms. The molecule has 111 heavy (non-hydrogen) atoms. The normalized spacial score (nSPS) is 14.5. The third-order valence-electron chi connectivity index (χ3n) is 20.9. The van der Waals surface area contributed by atoms with Gasteiger partial charge in [0, 0.05) is 54.5 Å². The Hall–Kier alpha value is -12.1. The van der Waals surface area contributed by atoms with Gasteiger partial charge in [0.15, 0.2) is 52.4 Å². The van der Waals surface area contributed by atoms with Crippen LogP contribution in [0.25, 0.3) is 146 Å². The standard InChI is InChI=1S/C52H34N6.C22H30B2O4.C21H14BrN3/c1-5-13-38(14-6-1)47-53-48(39-15-7-2-8-16-39)56-51(55-47)42-27-21-35(22-28-42)44-31-25-37-26-32-45(34-46(37)33-44)36-23-29-43(30-24-36)52-57-49(40-17-9-3-10-18-40)54-50(58-52)41-19-11-4-12-20-41;1-19(2)20(3,4)26-23(25-19)17-11-9-15-10-12-18(14-16(15)13-17)24-27-21(5,6)22(7,8)28-24;22-18-13-7-12-17(14-18)21-24-19(15-8-3-1-4-9-15)23-20(25-21)16-10-5-2-6-11-16/h1-34H;9-14H,1-8H3;1-14H. The van der Waals surface area contributed by atoms with Gasteiger partial charge < -0.3 is 18.6 Å². The van der Waals surface area contributed by atoms with Crippen molar-refractivity contribution in [3.8, 4) is 125 Å². The lowest BCUT2D eigenvalue weighted by Gasteiger charge is -2.32. The molecule has 0 atom stereocenters. The number of rotatable bonds is 13. The van der Waals surface area contributed by atoms with Crippen molar-refractivity contribution in [1.29, 1.82) is 0 Å². The summed E-state index contributed by atoms with van der Waals surface area (Å²) in [5.41, 5.74) is 13.7. The zero-order valence-corrected chi connectivity index (χ0v) is 64.5. The number of fused-ring (bicyclic) bond motifs is 2. The second-order valence-electron chi connectivity index (χ2n) is 29.6. The molecule has 0 bridgehead atoms. The van der Waals surface area contributed by atoms with E-state index in [1.165, 1.54) is 10.8 Å². The van der Waals surface area contributed by atoms with Crippen molar-refractivity contribution in [2.24, 2.45) is 0 Å². The second-order valence-corrected chi connectivity index (χ2v) is 30.5. The Morgan fingerprint density at radius 2 is 0.414 bits per heavy atom. The lowest BCUT2D eigenvalue weighted by atomic mass is 9.75. The van der Waals surface area contributed by atoms with Crippen molar-refractivity contribution < 1.29 is 18.6 Å². The predicted octanol–water partition coefficient (Wildman–Crippen LogP) is 21.6. The Labute approximate surface area is 656 Å². The summed E-state index contributed by atoms with van der Waals surface area (Å²) in [7, 11) is -0.732. The predicted molar refractivity (Wildman–Crippen MR) is 453 cm³/mol. The summed E-state index contributed by atoms with van der Waals surface area (Å²) in [6.45, 7) is 16.6. The van der Waals surface area contributed by atoms with Crippen LogP contribution >= 0.6 is 15.9 Å². The Morgan fingerprint density at radius 1 is 0.198 bits per heavy atom. The van der Waals surface area contributed by atoms with E-state index < -0.39 is 0 Å². The maximum absolute atomic E-state index is 6.21. The van der Waals surface area contributed by atoms with Gasteiger partial charge in [-0.2, -0.15) is 0 Å². The summed E-state index contributed by atoms with van der Waals surface area (Å²) in [5.74, 6) is 5.86. The van der Waals surface area contributed by atoms with E-state index in [2.05, 4.69) is 198 Å². The molecule has 5 heterocycles. The van der Waals surface area contributed by atoms with Gasteiger partial charge in [0.1, 0.15) is 0 Å². The third-order valence-corrected chi connectivity index (χ3v) is 21.4. The van der Waals surface area contributed by atoms with Gasteiger partial charge in [-0.25, -0.2) is 44.9 Å². The third kappa shape index (κ3) is 16.2. The van der Waals surface area contributed by atoms with Crippen LogP contribution in [0.3, 0.4) is 0 Å². The van der Waals surface area contributed by atoms with E-state index in [-0.39, 0.29) is 36.6 Å². The fraction of sp³-hybridized carbons (Fsp3) is 0.126. The van der Waals surface area contributed by atoms with E-state index in [1.54, 1.807) is 0 Å². The van der Waals surface area contributed by atoms with E-state index in [4.69, 9.17) is 58.5 Å². The first kappa shape index (κ1) is 73.0. The summed E-state index contributed by atoms with van der Waals surface area (Å²) in [4.78, 5) is 43.4. The Morgan fingerprint density at radius 3 is 0.685 bits per heavy atom. The Kier molecular flexibility index (Phi) is 20.5. The molecule has 0 radical (unpaired) electrons. The molecule has 2 aliphatic heterocycles. The zero-order chi connectivity index (χ0) is 76.3. The number of benzene rings is 13. The highest BCUT2D eigenvalue weighted by Gasteiger charge is 2.53. The van der Waals surface area contributed by atoms with Crippen molar-refractivity contribution in [2.45, 2.75) is 77.8 Å². The first-order valence-electron chi connectivity index (χ1n) is 37.2.